The van der Waals surface area contributed by atoms with Crippen LogP contribution >= 0.6 is 0 Å². The fourth-order valence-electron chi connectivity index (χ4n) is 1.41. The lowest BCUT2D eigenvalue weighted by molar-refractivity contribution is 0.570. The second-order valence-electron chi connectivity index (χ2n) is 3.51. The lowest BCUT2D eigenvalue weighted by Gasteiger charge is -2.08. The minimum Gasteiger partial charge on any atom is -0.326 e. The molecule has 96 valence electrons. The lowest BCUT2D eigenvalue weighted by atomic mass is 10.3. The third kappa shape index (κ3) is 2.34. The molecule has 0 aliphatic heterocycles. The molecule has 1 aromatic carbocycles. The normalized spacial score (nSPS) is 11.4. The van der Waals surface area contributed by atoms with E-state index < -0.39 is 20.7 Å². The Bertz CT molecular complexity index is 653. The van der Waals surface area contributed by atoms with Crippen LogP contribution in [-0.2, 0) is 16.6 Å². The standard InChI is InChI=1S/C10H11FN4O2S/c11-8-3-1-2-4-9(8)18(16,17)15-10-7(5-12)6-13-14-10/h1-4,6H,5,12H2,(H2,13,14,15). The van der Waals surface area contributed by atoms with Gasteiger partial charge in [0.2, 0.25) is 0 Å². The maximum absolute atomic E-state index is 13.4. The summed E-state index contributed by atoms with van der Waals surface area (Å²) in [6.07, 6.45) is 1.40. The minimum atomic E-state index is -4.00. The molecule has 0 aliphatic rings. The molecule has 2 rings (SSSR count). The van der Waals surface area contributed by atoms with Gasteiger partial charge in [-0.3, -0.25) is 9.82 Å². The van der Waals surface area contributed by atoms with Crippen molar-refractivity contribution in [3.63, 3.8) is 0 Å². The number of rotatable bonds is 4. The molecule has 6 nitrogen and oxygen atoms in total. The number of anilines is 1. The molecule has 0 spiro atoms. The number of sulfonamides is 1. The molecule has 18 heavy (non-hydrogen) atoms. The van der Waals surface area contributed by atoms with Gasteiger partial charge in [0, 0.05) is 12.1 Å². The first-order valence-electron chi connectivity index (χ1n) is 5.04. The highest BCUT2D eigenvalue weighted by Gasteiger charge is 2.20. The average Bonchev–Trinajstić information content (AvgIpc) is 2.76. The van der Waals surface area contributed by atoms with Gasteiger partial charge in [0.1, 0.15) is 16.5 Å². The van der Waals surface area contributed by atoms with E-state index >= 15 is 0 Å². The molecule has 1 heterocycles. The molecular formula is C10H11FN4O2S. The Balaban J connectivity index is 2.37. The maximum atomic E-state index is 13.4. The van der Waals surface area contributed by atoms with Crippen molar-refractivity contribution in [2.45, 2.75) is 11.4 Å². The first-order chi connectivity index (χ1) is 8.54. The quantitative estimate of drug-likeness (QED) is 0.765. The number of nitrogens with zero attached hydrogens (tertiary/aromatic N) is 1. The van der Waals surface area contributed by atoms with Crippen LogP contribution in [-0.4, -0.2) is 18.6 Å². The van der Waals surface area contributed by atoms with E-state index in [1.165, 1.54) is 24.4 Å². The van der Waals surface area contributed by atoms with E-state index in [2.05, 4.69) is 14.9 Å². The van der Waals surface area contributed by atoms with Crippen molar-refractivity contribution in [2.75, 3.05) is 4.72 Å². The number of halogens is 1. The smallest absolute Gasteiger partial charge is 0.265 e. The number of hydrogen-bond acceptors (Lipinski definition) is 4. The number of nitrogens with one attached hydrogen (secondary N) is 2. The Morgan fingerprint density at radius 3 is 2.78 bits per heavy atom. The van der Waals surface area contributed by atoms with Crippen LogP contribution in [0.3, 0.4) is 0 Å². The van der Waals surface area contributed by atoms with Crippen LogP contribution in [0.4, 0.5) is 10.2 Å². The van der Waals surface area contributed by atoms with Crippen molar-refractivity contribution < 1.29 is 12.8 Å². The van der Waals surface area contributed by atoms with Crippen LogP contribution in [0, 0.1) is 5.82 Å². The van der Waals surface area contributed by atoms with Gasteiger partial charge in [-0.2, -0.15) is 5.10 Å². The van der Waals surface area contributed by atoms with Crippen LogP contribution in [0.15, 0.2) is 35.4 Å². The first-order valence-corrected chi connectivity index (χ1v) is 6.52. The Kier molecular flexibility index (Phi) is 3.30. The molecule has 0 aliphatic carbocycles. The molecular weight excluding hydrogens is 259 g/mol. The van der Waals surface area contributed by atoms with E-state index in [9.17, 15) is 12.8 Å². The summed E-state index contributed by atoms with van der Waals surface area (Å²) < 4.78 is 39.5. The lowest BCUT2D eigenvalue weighted by Crippen LogP contribution is -2.16. The predicted octanol–water partition coefficient (Wildman–Crippen LogP) is 0.808. The first kappa shape index (κ1) is 12.5. The van der Waals surface area contributed by atoms with Gasteiger partial charge in [-0.05, 0) is 12.1 Å². The van der Waals surface area contributed by atoms with Crippen molar-refractivity contribution in [3.8, 4) is 0 Å². The van der Waals surface area contributed by atoms with Gasteiger partial charge >= 0.3 is 0 Å². The van der Waals surface area contributed by atoms with Crippen molar-refractivity contribution >= 4 is 15.8 Å². The number of aromatic nitrogens is 2. The van der Waals surface area contributed by atoms with Crippen molar-refractivity contribution in [3.05, 3.63) is 41.8 Å². The SMILES string of the molecule is NCc1cn[nH]c1NS(=O)(=O)c1ccccc1F. The number of benzene rings is 1. The van der Waals surface area contributed by atoms with Gasteiger partial charge in [-0.1, -0.05) is 12.1 Å². The van der Waals surface area contributed by atoms with Crippen LogP contribution in [0.5, 0.6) is 0 Å². The summed E-state index contributed by atoms with van der Waals surface area (Å²) in [5.41, 5.74) is 5.91. The zero-order chi connectivity index (χ0) is 13.2. The van der Waals surface area contributed by atoms with Gasteiger partial charge in [0.25, 0.3) is 10.0 Å². The Morgan fingerprint density at radius 1 is 1.39 bits per heavy atom. The summed E-state index contributed by atoms with van der Waals surface area (Å²) in [6.45, 7) is 0.117. The van der Waals surface area contributed by atoms with Gasteiger partial charge in [0.15, 0.2) is 0 Å². The van der Waals surface area contributed by atoms with Crippen LogP contribution in [0.2, 0.25) is 0 Å². The molecule has 8 heteroatoms. The Hall–Kier alpha value is -1.93. The van der Waals surface area contributed by atoms with E-state index in [0.29, 0.717) is 5.56 Å². The van der Waals surface area contributed by atoms with Gasteiger partial charge in [0.05, 0.1) is 6.20 Å². The molecule has 0 fully saturated rings. The minimum absolute atomic E-state index is 0.117. The summed E-state index contributed by atoms with van der Waals surface area (Å²) in [7, 11) is -4.00. The van der Waals surface area contributed by atoms with Crippen LogP contribution in [0.1, 0.15) is 5.56 Å². The Morgan fingerprint density at radius 2 is 2.11 bits per heavy atom. The molecule has 0 radical (unpaired) electrons. The van der Waals surface area contributed by atoms with E-state index in [1.807, 2.05) is 0 Å². The summed E-state index contributed by atoms with van der Waals surface area (Å²) in [4.78, 5) is -0.428. The molecule has 0 unspecified atom stereocenters. The summed E-state index contributed by atoms with van der Waals surface area (Å²) >= 11 is 0. The fourth-order valence-corrected chi connectivity index (χ4v) is 2.54. The molecule has 0 saturated carbocycles. The average molecular weight is 270 g/mol. The predicted molar refractivity (Wildman–Crippen MR) is 63.7 cm³/mol. The number of hydrogen-bond donors (Lipinski definition) is 3. The molecule has 0 atom stereocenters. The highest BCUT2D eigenvalue weighted by Crippen LogP contribution is 2.19. The zero-order valence-electron chi connectivity index (χ0n) is 9.22. The van der Waals surface area contributed by atoms with E-state index in [1.54, 1.807) is 0 Å². The number of H-pyrrole nitrogens is 1. The van der Waals surface area contributed by atoms with E-state index in [-0.39, 0.29) is 12.4 Å². The van der Waals surface area contributed by atoms with Gasteiger partial charge < -0.3 is 5.73 Å². The van der Waals surface area contributed by atoms with E-state index in [4.69, 9.17) is 5.73 Å². The van der Waals surface area contributed by atoms with Crippen molar-refractivity contribution in [1.29, 1.82) is 0 Å². The third-order valence-corrected chi connectivity index (χ3v) is 3.68. The summed E-state index contributed by atoms with van der Waals surface area (Å²) in [5.74, 6) is -0.681. The van der Waals surface area contributed by atoms with Crippen LogP contribution in [0.25, 0.3) is 0 Å². The van der Waals surface area contributed by atoms with E-state index in [0.717, 1.165) is 6.07 Å². The monoisotopic (exact) mass is 270 g/mol. The van der Waals surface area contributed by atoms with Crippen molar-refractivity contribution in [2.24, 2.45) is 5.73 Å². The number of nitrogens with two attached hydrogens (primary N) is 1. The fraction of sp³-hybridized carbons (Fsp3) is 0.100. The molecule has 0 saturated heterocycles. The molecule has 2 aromatic rings. The zero-order valence-corrected chi connectivity index (χ0v) is 10.0. The second kappa shape index (κ2) is 4.75. The van der Waals surface area contributed by atoms with Gasteiger partial charge in [-0.25, -0.2) is 12.8 Å². The number of aromatic amines is 1. The second-order valence-corrected chi connectivity index (χ2v) is 5.16. The highest BCUT2D eigenvalue weighted by molar-refractivity contribution is 7.92. The van der Waals surface area contributed by atoms with Gasteiger partial charge in [-0.15, -0.1) is 0 Å². The topological polar surface area (TPSA) is 101 Å². The largest absolute Gasteiger partial charge is 0.326 e. The van der Waals surface area contributed by atoms with Crippen molar-refractivity contribution in [1.82, 2.24) is 10.2 Å². The molecule has 4 N–H and O–H groups in total. The third-order valence-electron chi connectivity index (χ3n) is 2.30. The molecule has 1 aromatic heterocycles. The summed E-state index contributed by atoms with van der Waals surface area (Å²) in [5, 5.41) is 6.13. The maximum Gasteiger partial charge on any atom is 0.265 e. The highest BCUT2D eigenvalue weighted by atomic mass is 32.2. The Labute approximate surface area is 103 Å². The molecule has 0 amide bonds. The molecule has 0 bridgehead atoms. The summed E-state index contributed by atoms with van der Waals surface area (Å²) in [6, 6.07) is 5.10. The van der Waals surface area contributed by atoms with Crippen LogP contribution < -0.4 is 10.5 Å².